The maximum atomic E-state index is 4.20. The number of hydrogen-bond acceptors (Lipinski definition) is 2. The highest BCUT2D eigenvalue weighted by Gasteiger charge is 1.99. The van der Waals surface area contributed by atoms with E-state index in [9.17, 15) is 0 Å². The SMILES string of the molecule is CCn1ncc2ccsc21. The Morgan fingerprint density at radius 1 is 1.70 bits per heavy atom. The molecule has 0 bridgehead atoms. The first-order valence-corrected chi connectivity index (χ1v) is 4.19. The van der Waals surface area contributed by atoms with Crippen LogP contribution in [0.2, 0.25) is 0 Å². The summed E-state index contributed by atoms with van der Waals surface area (Å²) < 4.78 is 2.01. The van der Waals surface area contributed by atoms with Crippen molar-refractivity contribution in [1.82, 2.24) is 9.78 Å². The van der Waals surface area contributed by atoms with E-state index < -0.39 is 0 Å². The highest BCUT2D eigenvalue weighted by molar-refractivity contribution is 7.16. The zero-order chi connectivity index (χ0) is 6.97. The molecule has 0 aromatic carbocycles. The molecule has 0 atom stereocenters. The van der Waals surface area contributed by atoms with E-state index in [1.165, 1.54) is 10.2 Å². The van der Waals surface area contributed by atoms with Crippen molar-refractivity contribution in [2.45, 2.75) is 13.5 Å². The molecule has 2 nitrogen and oxygen atoms in total. The minimum atomic E-state index is 0.962. The molecular weight excluding hydrogens is 144 g/mol. The van der Waals surface area contributed by atoms with Crippen LogP contribution in [0, 0.1) is 0 Å². The van der Waals surface area contributed by atoms with Crippen molar-refractivity contribution in [3.63, 3.8) is 0 Å². The van der Waals surface area contributed by atoms with Gasteiger partial charge in [-0.05, 0) is 18.4 Å². The van der Waals surface area contributed by atoms with Crippen molar-refractivity contribution in [2.75, 3.05) is 0 Å². The van der Waals surface area contributed by atoms with Gasteiger partial charge in [0.1, 0.15) is 4.83 Å². The molecule has 0 saturated heterocycles. The summed E-state index contributed by atoms with van der Waals surface area (Å²) in [7, 11) is 0. The Hall–Kier alpha value is -0.830. The lowest BCUT2D eigenvalue weighted by atomic mass is 10.5. The Bertz CT molecular complexity index is 334. The summed E-state index contributed by atoms with van der Waals surface area (Å²) in [4.78, 5) is 1.28. The molecule has 0 saturated carbocycles. The van der Waals surface area contributed by atoms with Crippen LogP contribution in [-0.4, -0.2) is 9.78 Å². The summed E-state index contributed by atoms with van der Waals surface area (Å²) in [5.74, 6) is 0. The molecular formula is C7H8N2S. The van der Waals surface area contributed by atoms with E-state index in [1.54, 1.807) is 11.3 Å². The zero-order valence-electron chi connectivity index (χ0n) is 5.74. The predicted molar refractivity (Wildman–Crippen MR) is 43.3 cm³/mol. The fraction of sp³-hybridized carbons (Fsp3) is 0.286. The number of thiophene rings is 1. The molecule has 0 radical (unpaired) electrons. The van der Waals surface area contributed by atoms with Crippen LogP contribution in [0.5, 0.6) is 0 Å². The van der Waals surface area contributed by atoms with Gasteiger partial charge in [-0.3, -0.25) is 4.68 Å². The second kappa shape index (κ2) is 2.09. The van der Waals surface area contributed by atoms with E-state index in [0.29, 0.717) is 0 Å². The normalized spacial score (nSPS) is 10.9. The number of rotatable bonds is 1. The van der Waals surface area contributed by atoms with Gasteiger partial charge in [-0.1, -0.05) is 0 Å². The monoisotopic (exact) mass is 152 g/mol. The molecule has 0 aliphatic carbocycles. The standard InChI is InChI=1S/C7H8N2S/c1-2-9-7-6(5-8-9)3-4-10-7/h3-5H,2H2,1H3. The van der Waals surface area contributed by atoms with Crippen LogP contribution < -0.4 is 0 Å². The second-order valence-electron chi connectivity index (χ2n) is 2.14. The predicted octanol–water partition coefficient (Wildman–Crippen LogP) is 2.12. The molecule has 0 N–H and O–H groups in total. The fourth-order valence-corrected chi connectivity index (χ4v) is 1.93. The summed E-state index contributed by atoms with van der Waals surface area (Å²) in [6, 6.07) is 2.10. The molecule has 0 fully saturated rings. The molecule has 52 valence electrons. The quantitative estimate of drug-likeness (QED) is 0.612. The smallest absolute Gasteiger partial charge is 0.121 e. The maximum absolute atomic E-state index is 4.20. The Labute approximate surface area is 63.1 Å². The number of hydrogen-bond donors (Lipinski definition) is 0. The Balaban J connectivity index is 2.76. The van der Waals surface area contributed by atoms with Crippen molar-refractivity contribution in [2.24, 2.45) is 0 Å². The lowest BCUT2D eigenvalue weighted by molar-refractivity contribution is 0.688. The summed E-state index contributed by atoms with van der Waals surface area (Å²) in [5.41, 5.74) is 0. The van der Waals surface area contributed by atoms with Crippen molar-refractivity contribution >= 4 is 21.6 Å². The van der Waals surface area contributed by atoms with Crippen LogP contribution in [0.4, 0.5) is 0 Å². The largest absolute Gasteiger partial charge is 0.255 e. The molecule has 0 aliphatic rings. The average Bonchev–Trinajstić information content (AvgIpc) is 2.44. The van der Waals surface area contributed by atoms with Crippen molar-refractivity contribution in [1.29, 1.82) is 0 Å². The van der Waals surface area contributed by atoms with Crippen LogP contribution in [0.3, 0.4) is 0 Å². The molecule has 2 aromatic heterocycles. The van der Waals surface area contributed by atoms with E-state index in [0.717, 1.165) is 6.54 Å². The number of fused-ring (bicyclic) bond motifs is 1. The van der Waals surface area contributed by atoms with Crippen LogP contribution >= 0.6 is 11.3 Å². The van der Waals surface area contributed by atoms with Gasteiger partial charge in [-0.25, -0.2) is 0 Å². The summed E-state index contributed by atoms with van der Waals surface area (Å²) >= 11 is 1.75. The van der Waals surface area contributed by atoms with Gasteiger partial charge in [0.05, 0.1) is 6.20 Å². The lowest BCUT2D eigenvalue weighted by Crippen LogP contribution is -1.92. The van der Waals surface area contributed by atoms with Crippen LogP contribution in [0.25, 0.3) is 10.2 Å². The highest BCUT2D eigenvalue weighted by Crippen LogP contribution is 2.19. The summed E-state index contributed by atoms with van der Waals surface area (Å²) in [6.07, 6.45) is 1.91. The molecule has 3 heteroatoms. The average molecular weight is 152 g/mol. The van der Waals surface area contributed by atoms with Crippen molar-refractivity contribution in [3.8, 4) is 0 Å². The molecule has 0 amide bonds. The van der Waals surface area contributed by atoms with Gasteiger partial charge in [-0.15, -0.1) is 11.3 Å². The summed E-state index contributed by atoms with van der Waals surface area (Å²) in [5, 5.41) is 7.55. The van der Waals surface area contributed by atoms with Crippen molar-refractivity contribution in [3.05, 3.63) is 17.6 Å². The van der Waals surface area contributed by atoms with Crippen molar-refractivity contribution < 1.29 is 0 Å². The number of aryl methyl sites for hydroxylation is 1. The van der Waals surface area contributed by atoms with E-state index >= 15 is 0 Å². The third kappa shape index (κ3) is 0.671. The van der Waals surface area contributed by atoms with Gasteiger partial charge in [0.25, 0.3) is 0 Å². The van der Waals surface area contributed by atoms with E-state index in [4.69, 9.17) is 0 Å². The van der Waals surface area contributed by atoms with Crippen LogP contribution in [0.1, 0.15) is 6.92 Å². The minimum absolute atomic E-state index is 0.962. The van der Waals surface area contributed by atoms with E-state index in [1.807, 2.05) is 10.9 Å². The molecule has 2 heterocycles. The van der Waals surface area contributed by atoms with E-state index in [2.05, 4.69) is 23.5 Å². The Morgan fingerprint density at radius 3 is 3.40 bits per heavy atom. The summed E-state index contributed by atoms with van der Waals surface area (Å²) in [6.45, 7) is 3.07. The Morgan fingerprint density at radius 2 is 2.60 bits per heavy atom. The third-order valence-electron chi connectivity index (χ3n) is 1.54. The molecule has 2 aromatic rings. The van der Waals surface area contributed by atoms with E-state index in [-0.39, 0.29) is 0 Å². The van der Waals surface area contributed by atoms with Gasteiger partial charge < -0.3 is 0 Å². The number of aromatic nitrogens is 2. The van der Waals surface area contributed by atoms with Gasteiger partial charge in [0.15, 0.2) is 0 Å². The molecule has 0 unspecified atom stereocenters. The van der Waals surface area contributed by atoms with Gasteiger partial charge in [0, 0.05) is 11.9 Å². The first kappa shape index (κ1) is 5.92. The van der Waals surface area contributed by atoms with Crippen LogP contribution in [-0.2, 0) is 6.54 Å². The van der Waals surface area contributed by atoms with Gasteiger partial charge in [-0.2, -0.15) is 5.10 Å². The van der Waals surface area contributed by atoms with Gasteiger partial charge in [0.2, 0.25) is 0 Å². The second-order valence-corrected chi connectivity index (χ2v) is 3.04. The maximum Gasteiger partial charge on any atom is 0.121 e. The third-order valence-corrected chi connectivity index (χ3v) is 2.49. The first-order chi connectivity index (χ1) is 4.92. The molecule has 10 heavy (non-hydrogen) atoms. The minimum Gasteiger partial charge on any atom is -0.255 e. The number of nitrogens with zero attached hydrogens (tertiary/aromatic N) is 2. The topological polar surface area (TPSA) is 17.8 Å². The molecule has 0 aliphatic heterocycles. The zero-order valence-corrected chi connectivity index (χ0v) is 6.56. The first-order valence-electron chi connectivity index (χ1n) is 3.31. The lowest BCUT2D eigenvalue weighted by Gasteiger charge is -1.91. The molecule has 0 spiro atoms. The molecule has 2 rings (SSSR count). The Kier molecular flexibility index (Phi) is 1.24. The van der Waals surface area contributed by atoms with Crippen LogP contribution in [0.15, 0.2) is 17.6 Å². The fourth-order valence-electron chi connectivity index (χ4n) is 1.03. The highest BCUT2D eigenvalue weighted by atomic mass is 32.1. The van der Waals surface area contributed by atoms with Gasteiger partial charge >= 0.3 is 0 Å².